The molecule has 138 valence electrons. The molecule has 1 aromatic carbocycles. The van der Waals surface area contributed by atoms with E-state index in [9.17, 15) is 4.79 Å². The Hall–Kier alpha value is -2.14. The summed E-state index contributed by atoms with van der Waals surface area (Å²) < 4.78 is 5.14. The van der Waals surface area contributed by atoms with Crippen molar-refractivity contribution in [3.63, 3.8) is 0 Å². The zero-order valence-corrected chi connectivity index (χ0v) is 15.6. The third-order valence-electron chi connectivity index (χ3n) is 5.74. The van der Waals surface area contributed by atoms with Gasteiger partial charge in [-0.3, -0.25) is 4.79 Å². The number of aromatic nitrogens is 1. The second-order valence-corrected chi connectivity index (χ2v) is 7.47. The average molecular weight is 353 g/mol. The monoisotopic (exact) mass is 353 g/mol. The standard InChI is InChI=1S/C21H27N3O2/c1-3-9-24(10-4-2)15-11-14-13-22-18-6-5-16(17(12-15)20(14)18)21(25)19-7-8-23-26-19/h5-8,14-15,22H,3-4,9-13H2,1-2H3/t14-,15-/m1/s1. The summed E-state index contributed by atoms with van der Waals surface area (Å²) in [5.74, 6) is 0.770. The number of ketones is 1. The van der Waals surface area contributed by atoms with Gasteiger partial charge < -0.3 is 14.7 Å². The van der Waals surface area contributed by atoms with Crippen molar-refractivity contribution in [1.29, 1.82) is 0 Å². The molecule has 0 amide bonds. The molecule has 2 aliphatic rings. The van der Waals surface area contributed by atoms with Gasteiger partial charge in [0.1, 0.15) is 0 Å². The number of hydrogen-bond acceptors (Lipinski definition) is 5. The van der Waals surface area contributed by atoms with Crippen molar-refractivity contribution in [3.05, 3.63) is 46.8 Å². The van der Waals surface area contributed by atoms with Crippen molar-refractivity contribution < 1.29 is 9.32 Å². The van der Waals surface area contributed by atoms with Gasteiger partial charge in [-0.05, 0) is 62.0 Å². The van der Waals surface area contributed by atoms with Crippen LogP contribution in [0.15, 0.2) is 28.9 Å². The molecule has 4 rings (SSSR count). The lowest BCUT2D eigenvalue weighted by Crippen LogP contribution is -2.41. The summed E-state index contributed by atoms with van der Waals surface area (Å²) in [7, 11) is 0. The minimum absolute atomic E-state index is 0.0517. The first-order valence-corrected chi connectivity index (χ1v) is 9.82. The molecule has 0 bridgehead atoms. The summed E-state index contributed by atoms with van der Waals surface area (Å²) in [6.45, 7) is 7.71. The number of carbonyl (C=O) groups excluding carboxylic acids is 1. The first-order chi connectivity index (χ1) is 12.7. The van der Waals surface area contributed by atoms with Crippen molar-refractivity contribution >= 4 is 11.5 Å². The van der Waals surface area contributed by atoms with E-state index in [0.29, 0.717) is 17.7 Å². The van der Waals surface area contributed by atoms with Crippen LogP contribution in [0.3, 0.4) is 0 Å². The van der Waals surface area contributed by atoms with Crippen LogP contribution >= 0.6 is 0 Å². The van der Waals surface area contributed by atoms with E-state index in [1.54, 1.807) is 6.07 Å². The summed E-state index contributed by atoms with van der Waals surface area (Å²) in [4.78, 5) is 15.6. The fourth-order valence-electron chi connectivity index (χ4n) is 4.70. The van der Waals surface area contributed by atoms with Gasteiger partial charge in [-0.15, -0.1) is 0 Å². The highest BCUT2D eigenvalue weighted by molar-refractivity contribution is 6.08. The molecular formula is C21H27N3O2. The van der Waals surface area contributed by atoms with Gasteiger partial charge in [-0.25, -0.2) is 0 Å². The zero-order valence-electron chi connectivity index (χ0n) is 15.6. The Bertz CT molecular complexity index is 779. The maximum absolute atomic E-state index is 13.0. The minimum atomic E-state index is -0.0517. The molecule has 0 fully saturated rings. The van der Waals surface area contributed by atoms with Crippen molar-refractivity contribution in [3.8, 4) is 0 Å². The van der Waals surface area contributed by atoms with Crippen LogP contribution in [-0.2, 0) is 6.42 Å². The number of rotatable bonds is 7. The molecular weight excluding hydrogens is 326 g/mol. The van der Waals surface area contributed by atoms with Gasteiger partial charge >= 0.3 is 0 Å². The molecule has 5 heteroatoms. The van der Waals surface area contributed by atoms with Gasteiger partial charge in [0.05, 0.1) is 6.20 Å². The van der Waals surface area contributed by atoms with Crippen LogP contribution in [0.2, 0.25) is 0 Å². The average Bonchev–Trinajstić information content (AvgIpc) is 3.32. The second-order valence-electron chi connectivity index (χ2n) is 7.47. The molecule has 0 saturated heterocycles. The van der Waals surface area contributed by atoms with Crippen molar-refractivity contribution in [1.82, 2.24) is 10.1 Å². The van der Waals surface area contributed by atoms with Crippen LogP contribution in [0.1, 0.15) is 66.3 Å². The predicted molar refractivity (Wildman–Crippen MR) is 102 cm³/mol. The topological polar surface area (TPSA) is 58.4 Å². The van der Waals surface area contributed by atoms with E-state index in [1.165, 1.54) is 29.4 Å². The van der Waals surface area contributed by atoms with E-state index >= 15 is 0 Å². The van der Waals surface area contributed by atoms with Gasteiger partial charge in [-0.1, -0.05) is 19.0 Å². The largest absolute Gasteiger partial charge is 0.384 e. The lowest BCUT2D eigenvalue weighted by Gasteiger charge is -2.37. The minimum Gasteiger partial charge on any atom is -0.384 e. The Morgan fingerprint density at radius 2 is 2.08 bits per heavy atom. The second kappa shape index (κ2) is 7.23. The highest BCUT2D eigenvalue weighted by atomic mass is 16.5. The number of nitrogens with zero attached hydrogens (tertiary/aromatic N) is 2. The molecule has 1 aliphatic heterocycles. The number of anilines is 1. The van der Waals surface area contributed by atoms with Crippen molar-refractivity contribution in [2.24, 2.45) is 0 Å². The van der Waals surface area contributed by atoms with Gasteiger partial charge in [0.15, 0.2) is 0 Å². The third kappa shape index (κ3) is 2.94. The molecule has 5 nitrogen and oxygen atoms in total. The fourth-order valence-corrected chi connectivity index (χ4v) is 4.70. The van der Waals surface area contributed by atoms with Crippen LogP contribution in [0.5, 0.6) is 0 Å². The molecule has 0 radical (unpaired) electrons. The molecule has 0 spiro atoms. The Balaban J connectivity index is 1.72. The lowest BCUT2D eigenvalue weighted by molar-refractivity contribution is 0.0997. The summed E-state index contributed by atoms with van der Waals surface area (Å²) in [6.07, 6.45) is 5.97. The van der Waals surface area contributed by atoms with Gasteiger partial charge in [0.2, 0.25) is 11.5 Å². The Labute approximate surface area is 154 Å². The van der Waals surface area contributed by atoms with Gasteiger partial charge in [-0.2, -0.15) is 0 Å². The first-order valence-electron chi connectivity index (χ1n) is 9.82. The van der Waals surface area contributed by atoms with E-state index in [1.807, 2.05) is 6.07 Å². The summed E-state index contributed by atoms with van der Waals surface area (Å²) >= 11 is 0. The Morgan fingerprint density at radius 1 is 1.27 bits per heavy atom. The predicted octanol–water partition coefficient (Wildman–Crippen LogP) is 3.85. The van der Waals surface area contributed by atoms with Crippen LogP contribution < -0.4 is 5.32 Å². The van der Waals surface area contributed by atoms with Crippen LogP contribution in [0.25, 0.3) is 0 Å². The number of nitrogens with one attached hydrogen (secondary N) is 1. The molecule has 1 N–H and O–H groups in total. The van der Waals surface area contributed by atoms with E-state index < -0.39 is 0 Å². The molecule has 0 saturated carbocycles. The van der Waals surface area contributed by atoms with Gasteiger partial charge in [0.25, 0.3) is 0 Å². The first kappa shape index (κ1) is 17.3. The van der Waals surface area contributed by atoms with E-state index in [0.717, 1.165) is 44.5 Å². The normalized spacial score (nSPS) is 20.9. The molecule has 0 unspecified atom stereocenters. The fraction of sp³-hybridized carbons (Fsp3) is 0.524. The molecule has 1 aliphatic carbocycles. The van der Waals surface area contributed by atoms with Crippen LogP contribution in [0.4, 0.5) is 5.69 Å². The van der Waals surface area contributed by atoms with E-state index in [2.05, 4.69) is 35.3 Å². The quantitative estimate of drug-likeness (QED) is 0.766. The number of carbonyl (C=O) groups is 1. The van der Waals surface area contributed by atoms with Crippen molar-refractivity contribution in [2.75, 3.05) is 25.0 Å². The maximum atomic E-state index is 13.0. The van der Waals surface area contributed by atoms with Crippen LogP contribution in [-0.4, -0.2) is 41.5 Å². The van der Waals surface area contributed by atoms with E-state index in [4.69, 9.17) is 4.52 Å². The highest BCUT2D eigenvalue weighted by Crippen LogP contribution is 2.44. The third-order valence-corrected chi connectivity index (χ3v) is 5.74. The highest BCUT2D eigenvalue weighted by Gasteiger charge is 2.37. The summed E-state index contributed by atoms with van der Waals surface area (Å²) in [5.41, 5.74) is 4.56. The Morgan fingerprint density at radius 3 is 2.77 bits per heavy atom. The number of hydrogen-bond donors (Lipinski definition) is 1. The molecule has 1 aromatic heterocycles. The summed E-state index contributed by atoms with van der Waals surface area (Å²) in [6, 6.07) is 6.17. The molecule has 26 heavy (non-hydrogen) atoms. The maximum Gasteiger partial charge on any atom is 0.231 e. The van der Waals surface area contributed by atoms with E-state index in [-0.39, 0.29) is 5.78 Å². The summed E-state index contributed by atoms with van der Waals surface area (Å²) in [5, 5.41) is 7.24. The van der Waals surface area contributed by atoms with Crippen LogP contribution in [0, 0.1) is 0 Å². The van der Waals surface area contributed by atoms with Gasteiger partial charge in [0, 0.05) is 35.8 Å². The number of benzene rings is 1. The SMILES string of the molecule is CCCN(CCC)[C@H]1Cc2c(C(=O)c3ccno3)ccc3c2[C@@H](CN3)C1. The lowest BCUT2D eigenvalue weighted by atomic mass is 9.77. The Kier molecular flexibility index (Phi) is 4.81. The molecule has 2 atom stereocenters. The smallest absolute Gasteiger partial charge is 0.231 e. The molecule has 2 aromatic rings. The zero-order chi connectivity index (χ0) is 18.1. The van der Waals surface area contributed by atoms with Crippen molar-refractivity contribution in [2.45, 2.75) is 51.5 Å². The molecule has 2 heterocycles.